The first-order valence-corrected chi connectivity index (χ1v) is 9.53. The number of rotatable bonds is 7. The molecule has 4 N–H and O–H groups in total. The molecule has 0 spiro atoms. The predicted molar refractivity (Wildman–Crippen MR) is 116 cm³/mol. The number of hydrogen-bond donors (Lipinski definition) is 3. The van der Waals surface area contributed by atoms with Gasteiger partial charge in [-0.3, -0.25) is 19.1 Å². The van der Waals surface area contributed by atoms with Gasteiger partial charge in [-0.05, 0) is 17.9 Å². The number of carbonyl (C=O) groups excluding carboxylic acids is 1. The minimum absolute atomic E-state index is 0.0626. The first-order chi connectivity index (χ1) is 13.9. The Bertz CT molecular complexity index is 1140. The van der Waals surface area contributed by atoms with Crippen molar-refractivity contribution in [2.45, 2.75) is 26.3 Å². The van der Waals surface area contributed by atoms with E-state index in [0.29, 0.717) is 12.2 Å². The number of hydrogen-bond acceptors (Lipinski definition) is 5. The van der Waals surface area contributed by atoms with E-state index in [1.165, 1.54) is 9.47 Å². The second kappa shape index (κ2) is 8.64. The molecule has 0 fully saturated rings. The lowest BCUT2D eigenvalue weighted by molar-refractivity contribution is -0.114. The van der Waals surface area contributed by atoms with E-state index in [2.05, 4.69) is 10.3 Å². The number of unbranched alkanes of at least 4 members (excludes halogenated alkanes) is 1. The van der Waals surface area contributed by atoms with Gasteiger partial charge in [0, 0.05) is 24.7 Å². The molecule has 152 valence electrons. The molecule has 2 aromatic carbocycles. The molecule has 8 heteroatoms. The summed E-state index contributed by atoms with van der Waals surface area (Å²) < 4.78 is 1.33. The van der Waals surface area contributed by atoms with Gasteiger partial charge in [-0.15, -0.1) is 0 Å². The van der Waals surface area contributed by atoms with Gasteiger partial charge >= 0.3 is 5.69 Å². The van der Waals surface area contributed by atoms with E-state index in [-0.39, 0.29) is 24.0 Å². The molecule has 8 nitrogen and oxygen atoms in total. The summed E-state index contributed by atoms with van der Waals surface area (Å²) >= 11 is 0. The van der Waals surface area contributed by atoms with Crippen molar-refractivity contribution in [2.75, 3.05) is 29.5 Å². The van der Waals surface area contributed by atoms with Crippen molar-refractivity contribution in [2.24, 2.45) is 0 Å². The van der Waals surface area contributed by atoms with E-state index in [1.807, 2.05) is 49.4 Å². The summed E-state index contributed by atoms with van der Waals surface area (Å²) in [6.07, 6.45) is 1.63. The van der Waals surface area contributed by atoms with Gasteiger partial charge in [0.25, 0.3) is 5.56 Å². The summed E-state index contributed by atoms with van der Waals surface area (Å²) in [6, 6.07) is 13.4. The monoisotopic (exact) mass is 395 g/mol. The maximum absolute atomic E-state index is 12.6. The molecule has 0 saturated heterocycles. The van der Waals surface area contributed by atoms with E-state index in [4.69, 9.17) is 5.73 Å². The zero-order valence-electron chi connectivity index (χ0n) is 16.6. The normalized spacial score (nSPS) is 10.8. The van der Waals surface area contributed by atoms with Crippen LogP contribution in [0.4, 0.5) is 17.2 Å². The highest BCUT2D eigenvalue weighted by Gasteiger charge is 2.18. The van der Waals surface area contributed by atoms with Gasteiger partial charge in [-0.1, -0.05) is 49.7 Å². The quantitative estimate of drug-likeness (QED) is 0.567. The Morgan fingerprint density at radius 2 is 1.90 bits per heavy atom. The molecule has 29 heavy (non-hydrogen) atoms. The number of nitrogens with zero attached hydrogens (tertiary/aromatic N) is 2. The van der Waals surface area contributed by atoms with E-state index in [1.54, 1.807) is 7.05 Å². The third-order valence-corrected chi connectivity index (χ3v) is 4.78. The van der Waals surface area contributed by atoms with Crippen molar-refractivity contribution in [3.63, 3.8) is 0 Å². The van der Waals surface area contributed by atoms with Crippen LogP contribution in [0.5, 0.6) is 0 Å². The van der Waals surface area contributed by atoms with Crippen molar-refractivity contribution in [1.82, 2.24) is 9.55 Å². The lowest BCUT2D eigenvalue weighted by atomic mass is 10.1. The molecule has 0 radical (unpaired) electrons. The number of nitrogen functional groups attached to an aromatic ring is 1. The Labute approximate surface area is 168 Å². The Hall–Kier alpha value is -3.55. The van der Waals surface area contributed by atoms with Crippen LogP contribution >= 0.6 is 0 Å². The number of fused-ring (bicyclic) bond motifs is 1. The van der Waals surface area contributed by atoms with E-state index in [9.17, 15) is 14.4 Å². The number of carbonyl (C=O) groups is 1. The molecule has 1 aromatic heterocycles. The molecule has 0 aliphatic carbocycles. The van der Waals surface area contributed by atoms with Crippen LogP contribution in [-0.4, -0.2) is 29.1 Å². The number of aromatic amines is 1. The summed E-state index contributed by atoms with van der Waals surface area (Å²) in [7, 11) is 1.60. The van der Waals surface area contributed by atoms with Crippen LogP contribution in [0, 0.1) is 0 Å². The van der Waals surface area contributed by atoms with Crippen molar-refractivity contribution in [3.8, 4) is 0 Å². The SMILES string of the molecule is CCCCn1c(N)c(N(C)CC(=O)Nc2cccc3ccccc23)c(=O)[nH]c1=O. The third-order valence-electron chi connectivity index (χ3n) is 4.78. The standard InChI is InChI=1S/C21H25N5O3/c1-3-4-12-26-19(22)18(20(28)24-21(26)29)25(2)13-17(27)23-16-11-7-9-14-8-5-6-10-15(14)16/h5-11H,3-4,12-13,22H2,1-2H3,(H,23,27)(H,24,28,29). The smallest absolute Gasteiger partial charge is 0.330 e. The van der Waals surface area contributed by atoms with Crippen LogP contribution in [0.3, 0.4) is 0 Å². The number of H-pyrrole nitrogens is 1. The summed E-state index contributed by atoms with van der Waals surface area (Å²) in [5, 5.41) is 4.83. The largest absolute Gasteiger partial charge is 0.383 e. The molecule has 0 saturated carbocycles. The highest BCUT2D eigenvalue weighted by atomic mass is 16.2. The van der Waals surface area contributed by atoms with Gasteiger partial charge in [0.1, 0.15) is 11.5 Å². The fourth-order valence-electron chi connectivity index (χ4n) is 3.30. The molecular formula is C21H25N5O3. The molecule has 3 rings (SSSR count). The van der Waals surface area contributed by atoms with Gasteiger partial charge in [-0.2, -0.15) is 0 Å². The Kier molecular flexibility index (Phi) is 6.01. The van der Waals surface area contributed by atoms with Crippen molar-refractivity contribution >= 4 is 33.9 Å². The minimum Gasteiger partial charge on any atom is -0.383 e. The van der Waals surface area contributed by atoms with Gasteiger partial charge in [-0.25, -0.2) is 4.79 Å². The molecule has 0 unspecified atom stereocenters. The van der Waals surface area contributed by atoms with Crippen molar-refractivity contribution < 1.29 is 4.79 Å². The first kappa shape index (κ1) is 20.2. The van der Waals surface area contributed by atoms with Gasteiger partial charge in [0.15, 0.2) is 0 Å². The van der Waals surface area contributed by atoms with Crippen LogP contribution in [0.2, 0.25) is 0 Å². The van der Waals surface area contributed by atoms with Gasteiger partial charge in [0.05, 0.1) is 6.54 Å². The summed E-state index contributed by atoms with van der Waals surface area (Å²) in [4.78, 5) is 40.7. The van der Waals surface area contributed by atoms with Crippen LogP contribution in [0.25, 0.3) is 10.8 Å². The third kappa shape index (κ3) is 4.31. The Morgan fingerprint density at radius 3 is 2.66 bits per heavy atom. The number of nitrogens with two attached hydrogens (primary N) is 1. The lowest BCUT2D eigenvalue weighted by Gasteiger charge is -2.21. The molecule has 0 aliphatic heterocycles. The topological polar surface area (TPSA) is 113 Å². The molecule has 1 amide bonds. The number of likely N-dealkylation sites (N-methyl/N-ethyl adjacent to an activating group) is 1. The fourth-order valence-corrected chi connectivity index (χ4v) is 3.30. The first-order valence-electron chi connectivity index (χ1n) is 9.53. The van der Waals surface area contributed by atoms with Crippen molar-refractivity contribution in [1.29, 1.82) is 0 Å². The molecule has 0 aliphatic rings. The van der Waals surface area contributed by atoms with E-state index < -0.39 is 11.2 Å². The fraction of sp³-hybridized carbons (Fsp3) is 0.286. The molecule has 0 atom stereocenters. The van der Waals surface area contributed by atoms with Crippen LogP contribution < -0.4 is 27.2 Å². The number of nitrogens with one attached hydrogen (secondary N) is 2. The highest BCUT2D eigenvalue weighted by molar-refractivity contribution is 6.03. The highest BCUT2D eigenvalue weighted by Crippen LogP contribution is 2.23. The van der Waals surface area contributed by atoms with E-state index in [0.717, 1.165) is 23.6 Å². The van der Waals surface area contributed by atoms with E-state index >= 15 is 0 Å². The average Bonchev–Trinajstić information content (AvgIpc) is 2.67. The molecular weight excluding hydrogens is 370 g/mol. The van der Waals surface area contributed by atoms with Crippen LogP contribution in [0.15, 0.2) is 52.1 Å². The zero-order chi connectivity index (χ0) is 21.0. The average molecular weight is 395 g/mol. The number of amides is 1. The Balaban J connectivity index is 1.82. The van der Waals surface area contributed by atoms with Crippen molar-refractivity contribution in [3.05, 3.63) is 63.3 Å². The molecule has 3 aromatic rings. The van der Waals surface area contributed by atoms with Crippen LogP contribution in [0.1, 0.15) is 19.8 Å². The number of anilines is 3. The summed E-state index contributed by atoms with van der Waals surface area (Å²) in [6.45, 7) is 2.31. The zero-order valence-corrected chi connectivity index (χ0v) is 16.6. The molecule has 0 bridgehead atoms. The summed E-state index contributed by atoms with van der Waals surface area (Å²) in [5.74, 6) is -0.235. The Morgan fingerprint density at radius 1 is 1.17 bits per heavy atom. The number of benzene rings is 2. The minimum atomic E-state index is -0.610. The van der Waals surface area contributed by atoms with Crippen LogP contribution in [-0.2, 0) is 11.3 Å². The molecule has 1 heterocycles. The second-order valence-electron chi connectivity index (χ2n) is 6.93. The maximum Gasteiger partial charge on any atom is 0.330 e. The second-order valence-corrected chi connectivity index (χ2v) is 6.93. The number of aromatic nitrogens is 2. The van der Waals surface area contributed by atoms with Gasteiger partial charge in [0.2, 0.25) is 5.91 Å². The lowest BCUT2D eigenvalue weighted by Crippen LogP contribution is -2.39. The summed E-state index contributed by atoms with van der Waals surface area (Å²) in [5.41, 5.74) is 5.74. The maximum atomic E-state index is 12.6. The van der Waals surface area contributed by atoms with Gasteiger partial charge < -0.3 is 16.0 Å². The predicted octanol–water partition coefficient (Wildman–Crippen LogP) is 2.15.